The van der Waals surface area contributed by atoms with Gasteiger partial charge in [0.15, 0.2) is 0 Å². The lowest BCUT2D eigenvalue weighted by atomic mass is 9.91. The van der Waals surface area contributed by atoms with Crippen molar-refractivity contribution in [2.75, 3.05) is 57.7 Å². The van der Waals surface area contributed by atoms with E-state index in [0.29, 0.717) is 37.1 Å². The molecular formula is C27H41N7O3. The molecule has 1 aromatic heterocycles. The van der Waals surface area contributed by atoms with E-state index < -0.39 is 5.91 Å². The second-order valence-electron chi connectivity index (χ2n) is 8.75. The van der Waals surface area contributed by atoms with Gasteiger partial charge in [0.1, 0.15) is 5.82 Å². The highest BCUT2D eigenvalue weighted by Crippen LogP contribution is 2.18. The molecule has 202 valence electrons. The van der Waals surface area contributed by atoms with E-state index in [1.54, 1.807) is 44.7 Å². The summed E-state index contributed by atoms with van der Waals surface area (Å²) in [6.45, 7) is 5.47. The van der Waals surface area contributed by atoms with Gasteiger partial charge in [-0.1, -0.05) is 18.8 Å². The molecule has 0 aliphatic carbocycles. The lowest BCUT2D eigenvalue weighted by Crippen LogP contribution is -2.53. The van der Waals surface area contributed by atoms with Crippen LogP contribution in [0.25, 0.3) is 0 Å². The van der Waals surface area contributed by atoms with Gasteiger partial charge >= 0.3 is 0 Å². The predicted molar refractivity (Wildman–Crippen MR) is 148 cm³/mol. The van der Waals surface area contributed by atoms with Crippen LogP contribution >= 0.6 is 0 Å². The molecule has 7 N–H and O–H groups in total. The van der Waals surface area contributed by atoms with Crippen LogP contribution in [0.15, 0.2) is 30.5 Å². The molecule has 0 spiro atoms. The van der Waals surface area contributed by atoms with Crippen molar-refractivity contribution in [1.82, 2.24) is 15.3 Å². The number of nitrogens with one attached hydrogen (secondary N) is 3. The number of rotatable bonds is 17. The van der Waals surface area contributed by atoms with Crippen LogP contribution in [-0.2, 0) is 9.47 Å². The maximum Gasteiger partial charge on any atom is 0.248 e. The minimum Gasteiger partial charge on any atom is -0.385 e. The first-order valence-electron chi connectivity index (χ1n) is 12.7. The first-order chi connectivity index (χ1) is 18.0. The minimum atomic E-state index is -0.469. The number of hydrogen-bond donors (Lipinski definition) is 5. The number of carbonyl (C=O) groups excluding carboxylic acids is 1. The smallest absolute Gasteiger partial charge is 0.248 e. The first kappa shape index (κ1) is 30.0. The Bertz CT molecular complexity index is 1010. The van der Waals surface area contributed by atoms with Gasteiger partial charge in [-0.3, -0.25) is 4.79 Å². The SMILES string of the molecule is CCCNc1nc(Nc2ccc(C(N)=O)cc2)ncc1C#CCCCNC(CN)(CCOC)CCOC. The van der Waals surface area contributed by atoms with Gasteiger partial charge in [0.25, 0.3) is 0 Å². The highest BCUT2D eigenvalue weighted by Gasteiger charge is 2.27. The Morgan fingerprint density at radius 1 is 1.11 bits per heavy atom. The standard InChI is InChI=1S/C27H41N7O3/c1-4-15-30-25-22(19-31-26(34-25)33-23-11-9-21(10-12-23)24(29)35)8-6-5-7-16-32-27(20-28,13-17-36-2)14-18-37-3/h9-12,19,32H,4-5,7,13-18,20,28H2,1-3H3,(H2,29,35)(H2,30,31,33,34). The zero-order valence-corrected chi connectivity index (χ0v) is 22.2. The highest BCUT2D eigenvalue weighted by atomic mass is 16.5. The lowest BCUT2D eigenvalue weighted by molar-refractivity contribution is 0.1000. The zero-order valence-electron chi connectivity index (χ0n) is 22.2. The molecule has 0 bridgehead atoms. The van der Waals surface area contributed by atoms with Crippen molar-refractivity contribution >= 4 is 23.4 Å². The summed E-state index contributed by atoms with van der Waals surface area (Å²) in [5.74, 6) is 7.09. The molecule has 0 radical (unpaired) electrons. The van der Waals surface area contributed by atoms with Crippen LogP contribution < -0.4 is 27.4 Å². The Morgan fingerprint density at radius 3 is 2.41 bits per heavy atom. The summed E-state index contributed by atoms with van der Waals surface area (Å²) in [7, 11) is 3.40. The Hall–Kier alpha value is -3.23. The van der Waals surface area contributed by atoms with E-state index in [9.17, 15) is 4.79 Å². The third kappa shape index (κ3) is 10.3. The molecule has 1 heterocycles. The monoisotopic (exact) mass is 511 g/mol. The van der Waals surface area contributed by atoms with Crippen LogP contribution in [-0.4, -0.2) is 68.5 Å². The topological polar surface area (TPSA) is 149 Å². The van der Waals surface area contributed by atoms with Crippen molar-refractivity contribution in [3.05, 3.63) is 41.6 Å². The van der Waals surface area contributed by atoms with E-state index in [0.717, 1.165) is 56.4 Å². The molecule has 0 saturated heterocycles. The fourth-order valence-corrected chi connectivity index (χ4v) is 3.62. The second-order valence-corrected chi connectivity index (χ2v) is 8.75. The van der Waals surface area contributed by atoms with Gasteiger partial charge in [0.2, 0.25) is 11.9 Å². The Labute approximate surface area is 220 Å². The fourth-order valence-electron chi connectivity index (χ4n) is 3.62. The average molecular weight is 512 g/mol. The Balaban J connectivity index is 1.99. The summed E-state index contributed by atoms with van der Waals surface area (Å²) < 4.78 is 10.5. The quantitative estimate of drug-likeness (QED) is 0.160. The number of nitrogens with zero attached hydrogens (tertiary/aromatic N) is 2. The molecule has 10 nitrogen and oxygen atoms in total. The van der Waals surface area contributed by atoms with Crippen LogP contribution in [0.3, 0.4) is 0 Å². The number of hydrogen-bond acceptors (Lipinski definition) is 9. The summed E-state index contributed by atoms with van der Waals surface area (Å²) in [6, 6.07) is 6.83. The summed E-state index contributed by atoms with van der Waals surface area (Å²) in [5.41, 5.74) is 13.1. The van der Waals surface area contributed by atoms with E-state index in [1.807, 2.05) is 0 Å². The Kier molecular flexibility index (Phi) is 13.4. The number of nitrogens with two attached hydrogens (primary N) is 2. The number of aromatic nitrogens is 2. The van der Waals surface area contributed by atoms with Gasteiger partial charge in [-0.15, -0.1) is 0 Å². The molecule has 1 amide bonds. The summed E-state index contributed by atoms with van der Waals surface area (Å²) >= 11 is 0. The maximum atomic E-state index is 11.3. The molecule has 37 heavy (non-hydrogen) atoms. The number of benzene rings is 1. The number of methoxy groups -OCH3 is 2. The molecular weight excluding hydrogens is 470 g/mol. The number of amides is 1. The molecule has 10 heteroatoms. The van der Waals surface area contributed by atoms with Gasteiger partial charge in [-0.25, -0.2) is 4.98 Å². The van der Waals surface area contributed by atoms with Crippen molar-refractivity contribution in [2.45, 2.75) is 44.6 Å². The van der Waals surface area contributed by atoms with Crippen molar-refractivity contribution in [3.8, 4) is 11.8 Å². The van der Waals surface area contributed by atoms with Crippen molar-refractivity contribution < 1.29 is 14.3 Å². The third-order valence-electron chi connectivity index (χ3n) is 5.92. The van der Waals surface area contributed by atoms with Crippen molar-refractivity contribution in [2.24, 2.45) is 11.5 Å². The number of carbonyl (C=O) groups is 1. The second kappa shape index (κ2) is 16.5. The molecule has 0 aliphatic heterocycles. The van der Waals surface area contributed by atoms with E-state index in [1.165, 1.54) is 0 Å². The molecule has 0 fully saturated rings. The minimum absolute atomic E-state index is 0.201. The van der Waals surface area contributed by atoms with Crippen LogP contribution in [0.2, 0.25) is 0 Å². The Morgan fingerprint density at radius 2 is 1.81 bits per heavy atom. The van der Waals surface area contributed by atoms with Gasteiger partial charge in [0.05, 0.1) is 11.8 Å². The van der Waals surface area contributed by atoms with Crippen LogP contribution in [0.5, 0.6) is 0 Å². The van der Waals surface area contributed by atoms with Crippen LogP contribution in [0.1, 0.15) is 54.9 Å². The molecule has 0 unspecified atom stereocenters. The molecule has 0 saturated carbocycles. The molecule has 0 aliphatic rings. The average Bonchev–Trinajstić information content (AvgIpc) is 2.91. The summed E-state index contributed by atoms with van der Waals surface area (Å²) in [5, 5.41) is 10.1. The first-order valence-corrected chi connectivity index (χ1v) is 12.7. The lowest BCUT2D eigenvalue weighted by Gasteiger charge is -2.33. The summed E-state index contributed by atoms with van der Waals surface area (Å²) in [4.78, 5) is 20.3. The zero-order chi connectivity index (χ0) is 26.9. The van der Waals surface area contributed by atoms with Crippen LogP contribution in [0, 0.1) is 11.8 Å². The van der Waals surface area contributed by atoms with E-state index >= 15 is 0 Å². The molecule has 1 aromatic carbocycles. The van der Waals surface area contributed by atoms with Crippen molar-refractivity contribution in [1.29, 1.82) is 0 Å². The van der Waals surface area contributed by atoms with Gasteiger partial charge in [0, 0.05) is 63.7 Å². The normalized spacial score (nSPS) is 11.0. The number of anilines is 3. The fraction of sp³-hybridized carbons (Fsp3) is 0.519. The van der Waals surface area contributed by atoms with Crippen LogP contribution in [0.4, 0.5) is 17.5 Å². The van der Waals surface area contributed by atoms with E-state index in [-0.39, 0.29) is 5.54 Å². The van der Waals surface area contributed by atoms with Gasteiger partial charge < -0.3 is 36.9 Å². The molecule has 2 aromatic rings. The predicted octanol–water partition coefficient (Wildman–Crippen LogP) is 2.63. The largest absolute Gasteiger partial charge is 0.385 e. The molecule has 2 rings (SSSR count). The third-order valence-corrected chi connectivity index (χ3v) is 5.92. The van der Waals surface area contributed by atoms with Gasteiger partial charge in [-0.2, -0.15) is 4.98 Å². The maximum absolute atomic E-state index is 11.3. The van der Waals surface area contributed by atoms with Crippen molar-refractivity contribution in [3.63, 3.8) is 0 Å². The summed E-state index contributed by atoms with van der Waals surface area (Å²) in [6.07, 6.45) is 5.93. The van der Waals surface area contributed by atoms with E-state index in [4.69, 9.17) is 20.9 Å². The number of primary amides is 1. The van der Waals surface area contributed by atoms with Gasteiger partial charge in [-0.05, 0) is 56.5 Å². The number of ether oxygens (including phenoxy) is 2. The number of unbranched alkanes of at least 4 members (excludes halogenated alkanes) is 1. The van der Waals surface area contributed by atoms with E-state index in [2.05, 4.69) is 44.7 Å². The molecule has 0 atom stereocenters. The highest BCUT2D eigenvalue weighted by molar-refractivity contribution is 5.93.